The molecule has 0 heterocycles. The Hall–Kier alpha value is -2.94. The second kappa shape index (κ2) is 5.82. The Kier molecular flexibility index (Phi) is 3.71. The Morgan fingerprint density at radius 3 is 2.45 bits per heavy atom. The van der Waals surface area contributed by atoms with Crippen LogP contribution in [0.25, 0.3) is 16.8 Å². The molecule has 0 aliphatic heterocycles. The van der Waals surface area contributed by atoms with E-state index in [1.54, 1.807) is 6.08 Å². The molecular weight excluding hydrogens is 272 g/mol. The lowest BCUT2D eigenvalue weighted by Gasteiger charge is -2.07. The van der Waals surface area contributed by atoms with Gasteiger partial charge in [0, 0.05) is 5.39 Å². The van der Waals surface area contributed by atoms with Crippen LogP contribution in [0.5, 0.6) is 5.75 Å². The van der Waals surface area contributed by atoms with Crippen molar-refractivity contribution in [2.24, 2.45) is 10.2 Å². The van der Waals surface area contributed by atoms with Gasteiger partial charge in [0.15, 0.2) is 0 Å². The summed E-state index contributed by atoms with van der Waals surface area (Å²) in [6, 6.07) is 17.4. The van der Waals surface area contributed by atoms with Gasteiger partial charge in [-0.25, -0.2) is 0 Å². The monoisotopic (exact) mass is 288 g/mol. The SMILES string of the molecule is C=Cc1ccc(N=Nc2c(O)c(C)cc3ccccc23)cc1. The van der Waals surface area contributed by atoms with Gasteiger partial charge in [0.05, 0.1) is 5.69 Å². The van der Waals surface area contributed by atoms with Gasteiger partial charge in [-0.15, -0.1) is 5.11 Å². The number of azo groups is 1. The maximum Gasteiger partial charge on any atom is 0.146 e. The van der Waals surface area contributed by atoms with Crippen LogP contribution in [-0.2, 0) is 0 Å². The number of aromatic hydroxyl groups is 1. The van der Waals surface area contributed by atoms with Crippen LogP contribution in [0.15, 0.2) is 71.4 Å². The highest BCUT2D eigenvalue weighted by atomic mass is 16.3. The van der Waals surface area contributed by atoms with E-state index in [-0.39, 0.29) is 5.75 Å². The van der Waals surface area contributed by atoms with Gasteiger partial charge in [-0.3, -0.25) is 0 Å². The third-order valence-corrected chi connectivity index (χ3v) is 3.58. The molecule has 0 unspecified atom stereocenters. The minimum Gasteiger partial charge on any atom is -0.505 e. The van der Waals surface area contributed by atoms with Crippen LogP contribution in [0.1, 0.15) is 11.1 Å². The molecule has 22 heavy (non-hydrogen) atoms. The lowest BCUT2D eigenvalue weighted by molar-refractivity contribution is 0.473. The molecule has 0 radical (unpaired) electrons. The molecule has 3 heteroatoms. The van der Waals surface area contributed by atoms with Gasteiger partial charge in [-0.05, 0) is 41.6 Å². The first-order valence-corrected chi connectivity index (χ1v) is 7.04. The fourth-order valence-corrected chi connectivity index (χ4v) is 2.34. The number of phenols is 1. The second-order valence-corrected chi connectivity index (χ2v) is 5.11. The molecule has 3 rings (SSSR count). The fourth-order valence-electron chi connectivity index (χ4n) is 2.34. The number of nitrogens with zero attached hydrogens (tertiary/aromatic N) is 2. The molecule has 3 nitrogen and oxygen atoms in total. The van der Waals surface area contributed by atoms with E-state index in [9.17, 15) is 5.11 Å². The van der Waals surface area contributed by atoms with E-state index < -0.39 is 0 Å². The van der Waals surface area contributed by atoms with Gasteiger partial charge in [0.25, 0.3) is 0 Å². The topological polar surface area (TPSA) is 45.0 Å². The first-order chi connectivity index (χ1) is 10.7. The van der Waals surface area contributed by atoms with Crippen molar-refractivity contribution in [1.82, 2.24) is 0 Å². The summed E-state index contributed by atoms with van der Waals surface area (Å²) < 4.78 is 0. The predicted molar refractivity (Wildman–Crippen MR) is 91.1 cm³/mol. The summed E-state index contributed by atoms with van der Waals surface area (Å²) in [6.45, 7) is 5.58. The molecule has 0 amide bonds. The first kappa shape index (κ1) is 14.0. The van der Waals surface area contributed by atoms with E-state index in [1.807, 2.05) is 61.5 Å². The van der Waals surface area contributed by atoms with Crippen molar-refractivity contribution >= 4 is 28.2 Å². The molecule has 1 N–H and O–H groups in total. The van der Waals surface area contributed by atoms with Crippen molar-refractivity contribution in [3.63, 3.8) is 0 Å². The zero-order valence-electron chi connectivity index (χ0n) is 12.3. The molecule has 3 aromatic rings. The fraction of sp³-hybridized carbons (Fsp3) is 0.0526. The molecule has 0 atom stereocenters. The van der Waals surface area contributed by atoms with E-state index in [2.05, 4.69) is 16.8 Å². The Labute approximate surface area is 129 Å². The van der Waals surface area contributed by atoms with Crippen LogP contribution in [-0.4, -0.2) is 5.11 Å². The lowest BCUT2D eigenvalue weighted by Crippen LogP contribution is -1.80. The Morgan fingerprint density at radius 2 is 1.73 bits per heavy atom. The first-order valence-electron chi connectivity index (χ1n) is 7.04. The molecule has 0 aliphatic rings. The number of hydrogen-bond donors (Lipinski definition) is 1. The third-order valence-electron chi connectivity index (χ3n) is 3.58. The van der Waals surface area contributed by atoms with Crippen LogP contribution in [0.3, 0.4) is 0 Å². The van der Waals surface area contributed by atoms with Gasteiger partial charge in [-0.1, -0.05) is 49.1 Å². The van der Waals surface area contributed by atoms with Crippen LogP contribution in [0.4, 0.5) is 11.4 Å². The van der Waals surface area contributed by atoms with Crippen molar-refractivity contribution < 1.29 is 5.11 Å². The Morgan fingerprint density at radius 1 is 1.00 bits per heavy atom. The second-order valence-electron chi connectivity index (χ2n) is 5.11. The number of phenolic OH excluding ortho intramolecular Hbond substituents is 1. The maximum atomic E-state index is 10.3. The highest BCUT2D eigenvalue weighted by molar-refractivity contribution is 5.96. The zero-order chi connectivity index (χ0) is 15.5. The summed E-state index contributed by atoms with van der Waals surface area (Å²) >= 11 is 0. The molecule has 108 valence electrons. The number of fused-ring (bicyclic) bond motifs is 1. The summed E-state index contributed by atoms with van der Waals surface area (Å²) in [5, 5.41) is 20.7. The van der Waals surface area contributed by atoms with Crippen molar-refractivity contribution in [1.29, 1.82) is 0 Å². The van der Waals surface area contributed by atoms with E-state index in [0.717, 1.165) is 27.6 Å². The van der Waals surface area contributed by atoms with Gasteiger partial charge in [-0.2, -0.15) is 5.11 Å². The van der Waals surface area contributed by atoms with Crippen molar-refractivity contribution in [2.75, 3.05) is 0 Å². The van der Waals surface area contributed by atoms with Crippen LogP contribution in [0, 0.1) is 6.92 Å². The van der Waals surface area contributed by atoms with Crippen LogP contribution < -0.4 is 0 Å². The van der Waals surface area contributed by atoms with Gasteiger partial charge in [0.1, 0.15) is 11.4 Å². The Bertz CT molecular complexity index is 864. The molecule has 0 saturated heterocycles. The Balaban J connectivity index is 2.07. The number of hydrogen-bond acceptors (Lipinski definition) is 3. The minimum atomic E-state index is 0.171. The summed E-state index contributed by atoms with van der Waals surface area (Å²) in [7, 11) is 0. The third kappa shape index (κ3) is 2.61. The van der Waals surface area contributed by atoms with Gasteiger partial charge < -0.3 is 5.11 Å². The van der Waals surface area contributed by atoms with Crippen molar-refractivity contribution in [2.45, 2.75) is 6.92 Å². The summed E-state index contributed by atoms with van der Waals surface area (Å²) in [5.41, 5.74) is 3.05. The van der Waals surface area contributed by atoms with E-state index >= 15 is 0 Å². The molecule has 0 aromatic heterocycles. The summed E-state index contributed by atoms with van der Waals surface area (Å²) in [6.07, 6.45) is 1.78. The molecule has 0 saturated carbocycles. The van der Waals surface area contributed by atoms with Crippen molar-refractivity contribution in [3.8, 4) is 5.75 Å². The average molecular weight is 288 g/mol. The maximum absolute atomic E-state index is 10.3. The minimum absolute atomic E-state index is 0.171. The number of rotatable bonds is 3. The van der Waals surface area contributed by atoms with Crippen LogP contribution in [0.2, 0.25) is 0 Å². The smallest absolute Gasteiger partial charge is 0.146 e. The molecule has 0 fully saturated rings. The number of benzene rings is 3. The van der Waals surface area contributed by atoms with Gasteiger partial charge >= 0.3 is 0 Å². The van der Waals surface area contributed by atoms with E-state index in [1.165, 1.54) is 0 Å². The molecule has 3 aromatic carbocycles. The summed E-state index contributed by atoms with van der Waals surface area (Å²) in [5.74, 6) is 0.171. The van der Waals surface area contributed by atoms with E-state index in [4.69, 9.17) is 0 Å². The summed E-state index contributed by atoms with van der Waals surface area (Å²) in [4.78, 5) is 0. The molecule has 0 spiro atoms. The molecular formula is C19H16N2O. The standard InChI is InChI=1S/C19H16N2O/c1-3-14-8-10-16(11-9-14)20-21-18-17-7-5-4-6-15(17)12-13(2)19(18)22/h3-12,22H,1H2,2H3. The quantitative estimate of drug-likeness (QED) is 0.598. The van der Waals surface area contributed by atoms with E-state index in [0.29, 0.717) is 5.69 Å². The predicted octanol–water partition coefficient (Wildman–Crippen LogP) is 5.91. The van der Waals surface area contributed by atoms with Crippen molar-refractivity contribution in [3.05, 3.63) is 72.3 Å². The average Bonchev–Trinajstić information content (AvgIpc) is 2.56. The van der Waals surface area contributed by atoms with Crippen LogP contribution >= 0.6 is 0 Å². The molecule has 0 aliphatic carbocycles. The molecule has 0 bridgehead atoms. The zero-order valence-corrected chi connectivity index (χ0v) is 12.3. The largest absolute Gasteiger partial charge is 0.505 e. The number of aryl methyl sites for hydroxylation is 1. The normalized spacial score (nSPS) is 11.1. The lowest BCUT2D eigenvalue weighted by atomic mass is 10.0. The highest BCUT2D eigenvalue weighted by Crippen LogP contribution is 2.38. The highest BCUT2D eigenvalue weighted by Gasteiger charge is 2.09. The van der Waals surface area contributed by atoms with Gasteiger partial charge in [0.2, 0.25) is 0 Å².